The van der Waals surface area contributed by atoms with Crippen molar-refractivity contribution in [2.75, 3.05) is 6.61 Å². The standard InChI is InChI=1S/C12H13NO4/c1-3-9(2)8-17-12(14)10-4-6-11(7-5-10)13(15)16/h3-7H,8H2,1-2H3/b9-3+. The van der Waals surface area contributed by atoms with Crippen molar-refractivity contribution < 1.29 is 14.5 Å². The highest BCUT2D eigenvalue weighted by Crippen LogP contribution is 2.12. The molecule has 0 aromatic heterocycles. The minimum atomic E-state index is -0.515. The molecule has 0 saturated heterocycles. The number of hydrogen-bond donors (Lipinski definition) is 0. The lowest BCUT2D eigenvalue weighted by Gasteiger charge is -2.04. The first-order valence-corrected chi connectivity index (χ1v) is 5.08. The summed E-state index contributed by atoms with van der Waals surface area (Å²) in [5.74, 6) is -0.485. The van der Waals surface area contributed by atoms with Crippen LogP contribution in [-0.4, -0.2) is 17.5 Å². The van der Waals surface area contributed by atoms with Crippen molar-refractivity contribution in [3.63, 3.8) is 0 Å². The van der Waals surface area contributed by atoms with Gasteiger partial charge in [-0.1, -0.05) is 6.08 Å². The highest BCUT2D eigenvalue weighted by molar-refractivity contribution is 5.89. The summed E-state index contributed by atoms with van der Waals surface area (Å²) in [6.45, 7) is 3.94. The quantitative estimate of drug-likeness (QED) is 0.348. The first kappa shape index (κ1) is 12.9. The van der Waals surface area contributed by atoms with Crippen molar-refractivity contribution in [1.29, 1.82) is 0 Å². The molecule has 1 rings (SSSR count). The maximum atomic E-state index is 11.5. The Bertz CT molecular complexity index is 448. The van der Waals surface area contributed by atoms with E-state index < -0.39 is 10.9 Å². The highest BCUT2D eigenvalue weighted by atomic mass is 16.6. The van der Waals surface area contributed by atoms with Crippen LogP contribution in [0.15, 0.2) is 35.9 Å². The van der Waals surface area contributed by atoms with Crippen molar-refractivity contribution in [2.45, 2.75) is 13.8 Å². The minimum absolute atomic E-state index is 0.0498. The number of nitro benzene ring substituents is 1. The summed E-state index contributed by atoms with van der Waals surface area (Å²) in [4.78, 5) is 21.4. The zero-order chi connectivity index (χ0) is 12.8. The average molecular weight is 235 g/mol. The number of benzene rings is 1. The third kappa shape index (κ3) is 3.71. The lowest BCUT2D eigenvalue weighted by molar-refractivity contribution is -0.384. The van der Waals surface area contributed by atoms with E-state index in [1.807, 2.05) is 19.9 Å². The van der Waals surface area contributed by atoms with E-state index in [9.17, 15) is 14.9 Å². The van der Waals surface area contributed by atoms with Crippen LogP contribution in [0.4, 0.5) is 5.69 Å². The first-order valence-electron chi connectivity index (χ1n) is 5.08. The van der Waals surface area contributed by atoms with Gasteiger partial charge in [0.25, 0.3) is 5.69 Å². The van der Waals surface area contributed by atoms with Crippen molar-refractivity contribution in [2.24, 2.45) is 0 Å². The average Bonchev–Trinajstić information content (AvgIpc) is 2.35. The highest BCUT2D eigenvalue weighted by Gasteiger charge is 2.10. The number of carbonyl (C=O) groups excluding carboxylic acids is 1. The molecule has 0 unspecified atom stereocenters. The second-order valence-electron chi connectivity index (χ2n) is 3.52. The van der Waals surface area contributed by atoms with E-state index in [0.29, 0.717) is 5.56 Å². The Kier molecular flexibility index (Phi) is 4.39. The van der Waals surface area contributed by atoms with Gasteiger partial charge in [0.2, 0.25) is 0 Å². The van der Waals surface area contributed by atoms with Gasteiger partial charge in [-0.2, -0.15) is 0 Å². The number of carbonyl (C=O) groups is 1. The van der Waals surface area contributed by atoms with Crippen molar-refractivity contribution >= 4 is 11.7 Å². The lowest BCUT2D eigenvalue weighted by atomic mass is 10.2. The van der Waals surface area contributed by atoms with Crippen molar-refractivity contribution in [1.82, 2.24) is 0 Å². The number of rotatable bonds is 4. The fraction of sp³-hybridized carbons (Fsp3) is 0.250. The normalized spacial score (nSPS) is 11.1. The van der Waals surface area contributed by atoms with Crippen LogP contribution in [0.1, 0.15) is 24.2 Å². The minimum Gasteiger partial charge on any atom is -0.458 e. The lowest BCUT2D eigenvalue weighted by Crippen LogP contribution is -2.07. The van der Waals surface area contributed by atoms with E-state index in [2.05, 4.69) is 0 Å². The molecule has 5 nitrogen and oxygen atoms in total. The van der Waals surface area contributed by atoms with Crippen molar-refractivity contribution in [3.05, 3.63) is 51.6 Å². The van der Waals surface area contributed by atoms with Gasteiger partial charge in [0.05, 0.1) is 10.5 Å². The van der Waals surface area contributed by atoms with Gasteiger partial charge in [0, 0.05) is 12.1 Å². The number of ether oxygens (including phenoxy) is 1. The summed E-state index contributed by atoms with van der Waals surface area (Å²) in [5, 5.41) is 10.4. The molecule has 0 radical (unpaired) electrons. The van der Waals surface area contributed by atoms with Gasteiger partial charge in [-0.05, 0) is 31.6 Å². The zero-order valence-corrected chi connectivity index (χ0v) is 9.67. The molecule has 0 fully saturated rings. The number of nitrogens with zero attached hydrogens (tertiary/aromatic N) is 1. The molecule has 0 heterocycles. The number of allylic oxidation sites excluding steroid dienone is 1. The topological polar surface area (TPSA) is 69.4 Å². The summed E-state index contributed by atoms with van der Waals surface area (Å²) in [5.41, 5.74) is 1.20. The van der Waals surface area contributed by atoms with Gasteiger partial charge >= 0.3 is 5.97 Å². The van der Waals surface area contributed by atoms with Crippen LogP contribution in [0.2, 0.25) is 0 Å². The van der Waals surface area contributed by atoms with Gasteiger partial charge in [-0.15, -0.1) is 0 Å². The van der Waals surface area contributed by atoms with E-state index in [0.717, 1.165) is 5.57 Å². The van der Waals surface area contributed by atoms with Gasteiger partial charge in [0.1, 0.15) is 6.61 Å². The molecule has 0 spiro atoms. The van der Waals surface area contributed by atoms with Crippen LogP contribution in [0.25, 0.3) is 0 Å². The number of nitro groups is 1. The third-order valence-electron chi connectivity index (χ3n) is 2.24. The SMILES string of the molecule is C/C=C(\C)COC(=O)c1ccc([N+](=O)[O-])cc1. The molecule has 0 saturated carbocycles. The Labute approximate surface area is 98.9 Å². The molecule has 0 aliphatic heterocycles. The van der Waals surface area contributed by atoms with E-state index in [1.54, 1.807) is 0 Å². The van der Waals surface area contributed by atoms with E-state index in [4.69, 9.17) is 4.74 Å². The molecule has 1 aromatic rings. The Hall–Kier alpha value is -2.17. The van der Waals surface area contributed by atoms with Crippen LogP contribution >= 0.6 is 0 Å². The molecule has 17 heavy (non-hydrogen) atoms. The van der Waals surface area contributed by atoms with Crippen molar-refractivity contribution in [3.8, 4) is 0 Å². The van der Waals surface area contributed by atoms with E-state index in [1.165, 1.54) is 24.3 Å². The predicted molar refractivity (Wildman–Crippen MR) is 62.8 cm³/mol. The van der Waals surface area contributed by atoms with Crippen LogP contribution in [-0.2, 0) is 4.74 Å². The van der Waals surface area contributed by atoms with Gasteiger partial charge in [-0.25, -0.2) is 4.79 Å². The summed E-state index contributed by atoms with van der Waals surface area (Å²) < 4.78 is 5.00. The van der Waals surface area contributed by atoms with E-state index in [-0.39, 0.29) is 12.3 Å². The maximum absolute atomic E-state index is 11.5. The van der Waals surface area contributed by atoms with Crippen LogP contribution in [0.5, 0.6) is 0 Å². The molecule has 0 bridgehead atoms. The number of hydrogen-bond acceptors (Lipinski definition) is 4. The smallest absolute Gasteiger partial charge is 0.338 e. The third-order valence-corrected chi connectivity index (χ3v) is 2.24. The van der Waals surface area contributed by atoms with Crippen LogP contribution in [0.3, 0.4) is 0 Å². The molecular formula is C12H13NO4. The Balaban J connectivity index is 2.67. The fourth-order valence-corrected chi connectivity index (χ4v) is 1.07. The molecule has 0 N–H and O–H groups in total. The van der Waals surface area contributed by atoms with Gasteiger partial charge in [-0.3, -0.25) is 10.1 Å². The van der Waals surface area contributed by atoms with Crippen LogP contribution < -0.4 is 0 Å². The molecule has 1 aromatic carbocycles. The largest absolute Gasteiger partial charge is 0.458 e. The predicted octanol–water partition coefficient (Wildman–Crippen LogP) is 2.72. The van der Waals surface area contributed by atoms with Crippen LogP contribution in [0, 0.1) is 10.1 Å². The second-order valence-corrected chi connectivity index (χ2v) is 3.52. The summed E-state index contributed by atoms with van der Waals surface area (Å²) in [6, 6.07) is 5.31. The van der Waals surface area contributed by atoms with Gasteiger partial charge in [0.15, 0.2) is 0 Å². The fourth-order valence-electron chi connectivity index (χ4n) is 1.07. The van der Waals surface area contributed by atoms with Gasteiger partial charge < -0.3 is 4.74 Å². The molecule has 90 valence electrons. The molecule has 0 aliphatic rings. The second kappa shape index (κ2) is 5.79. The summed E-state index contributed by atoms with van der Waals surface area (Å²) in [7, 11) is 0. The molecular weight excluding hydrogens is 222 g/mol. The maximum Gasteiger partial charge on any atom is 0.338 e. The molecule has 0 amide bonds. The molecule has 5 heteroatoms. The summed E-state index contributed by atoms with van der Waals surface area (Å²) >= 11 is 0. The Morgan fingerprint density at radius 2 is 2.00 bits per heavy atom. The Morgan fingerprint density at radius 1 is 1.41 bits per heavy atom. The summed E-state index contributed by atoms with van der Waals surface area (Å²) in [6.07, 6.45) is 1.85. The molecule has 0 aliphatic carbocycles. The molecule has 0 atom stereocenters. The Morgan fingerprint density at radius 3 is 2.47 bits per heavy atom. The first-order chi connectivity index (χ1) is 8.04. The zero-order valence-electron chi connectivity index (χ0n) is 9.67. The van der Waals surface area contributed by atoms with E-state index >= 15 is 0 Å². The number of esters is 1. The monoisotopic (exact) mass is 235 g/mol. The number of non-ortho nitro benzene ring substituents is 1.